The van der Waals surface area contributed by atoms with Crippen LogP contribution in [0.2, 0.25) is 0 Å². The van der Waals surface area contributed by atoms with Gasteiger partial charge in [0, 0.05) is 48.5 Å². The number of ether oxygens (including phenoxy) is 1. The molecule has 1 aromatic heterocycles. The van der Waals surface area contributed by atoms with Crippen LogP contribution < -0.4 is 9.64 Å². The molecule has 0 saturated heterocycles. The monoisotopic (exact) mass is 470 g/mol. The molecular weight excluding hydrogens is 436 g/mol. The lowest BCUT2D eigenvalue weighted by molar-refractivity contribution is 0.0696. The second kappa shape index (κ2) is 10.3. The van der Waals surface area contributed by atoms with Crippen molar-refractivity contribution in [3.05, 3.63) is 83.0 Å². The van der Waals surface area contributed by atoms with Gasteiger partial charge in [-0.25, -0.2) is 4.79 Å². The van der Waals surface area contributed by atoms with E-state index in [4.69, 9.17) is 4.74 Å². The lowest BCUT2D eigenvalue weighted by Gasteiger charge is -2.17. The molecule has 0 saturated carbocycles. The minimum Gasteiger partial charge on any atom is -0.497 e. The largest absolute Gasteiger partial charge is 0.497 e. The Morgan fingerprint density at radius 3 is 2.46 bits per heavy atom. The molecule has 182 valence electrons. The molecule has 4 aromatic rings. The fraction of sp³-hybridized carbons (Fsp3) is 0.300. The van der Waals surface area contributed by atoms with Crippen LogP contribution in [0.5, 0.6) is 5.75 Å². The van der Waals surface area contributed by atoms with Crippen LogP contribution in [-0.2, 0) is 13.0 Å². The van der Waals surface area contributed by atoms with E-state index in [1.165, 1.54) is 22.2 Å². The van der Waals surface area contributed by atoms with Gasteiger partial charge in [0.1, 0.15) is 5.75 Å². The Morgan fingerprint density at radius 1 is 1.03 bits per heavy atom. The van der Waals surface area contributed by atoms with Crippen molar-refractivity contribution in [1.82, 2.24) is 4.57 Å². The number of nitrogens with zero attached hydrogens (tertiary/aromatic N) is 2. The minimum absolute atomic E-state index is 0.333. The van der Waals surface area contributed by atoms with Gasteiger partial charge >= 0.3 is 5.97 Å². The Hall–Kier alpha value is -3.73. The van der Waals surface area contributed by atoms with Crippen LogP contribution >= 0.6 is 0 Å². The maximum Gasteiger partial charge on any atom is 0.336 e. The third kappa shape index (κ3) is 4.76. The molecule has 5 nitrogen and oxygen atoms in total. The highest BCUT2D eigenvalue weighted by Gasteiger charge is 2.20. The van der Waals surface area contributed by atoms with Gasteiger partial charge in [-0.3, -0.25) is 0 Å². The Morgan fingerprint density at radius 2 is 1.77 bits per heavy atom. The van der Waals surface area contributed by atoms with Crippen molar-refractivity contribution in [2.24, 2.45) is 0 Å². The van der Waals surface area contributed by atoms with Crippen molar-refractivity contribution in [1.29, 1.82) is 0 Å². The first kappa shape index (κ1) is 24.4. The number of aromatic nitrogens is 1. The van der Waals surface area contributed by atoms with Gasteiger partial charge < -0.3 is 19.3 Å². The van der Waals surface area contributed by atoms with Gasteiger partial charge in [0.05, 0.1) is 12.7 Å². The molecule has 5 heteroatoms. The molecule has 0 radical (unpaired) electrons. The van der Waals surface area contributed by atoms with E-state index in [2.05, 4.69) is 54.8 Å². The van der Waals surface area contributed by atoms with Gasteiger partial charge in [-0.05, 0) is 66.8 Å². The van der Waals surface area contributed by atoms with Crippen LogP contribution in [0, 0.1) is 6.92 Å². The van der Waals surface area contributed by atoms with Crippen molar-refractivity contribution in [3.8, 4) is 16.9 Å². The molecule has 0 atom stereocenters. The Kier molecular flexibility index (Phi) is 7.15. The Bertz CT molecular complexity index is 1370. The number of carboxylic acid groups (broad SMARTS) is 1. The van der Waals surface area contributed by atoms with E-state index in [1.54, 1.807) is 13.2 Å². The van der Waals surface area contributed by atoms with E-state index >= 15 is 0 Å². The van der Waals surface area contributed by atoms with Crippen molar-refractivity contribution < 1.29 is 14.6 Å². The molecule has 35 heavy (non-hydrogen) atoms. The quantitative estimate of drug-likeness (QED) is 0.293. The molecule has 0 aliphatic rings. The Balaban J connectivity index is 1.90. The molecule has 0 spiro atoms. The number of carbonyl (C=O) groups is 1. The highest BCUT2D eigenvalue weighted by molar-refractivity contribution is 5.99. The number of aromatic carboxylic acids is 1. The molecule has 4 rings (SSSR count). The first-order valence-corrected chi connectivity index (χ1v) is 12.1. The minimum atomic E-state index is -0.911. The van der Waals surface area contributed by atoms with E-state index in [9.17, 15) is 9.90 Å². The van der Waals surface area contributed by atoms with Gasteiger partial charge in [0.15, 0.2) is 0 Å². The fourth-order valence-electron chi connectivity index (χ4n) is 4.85. The third-order valence-corrected chi connectivity index (χ3v) is 6.77. The number of hydrogen-bond acceptors (Lipinski definition) is 3. The van der Waals surface area contributed by atoms with Crippen LogP contribution in [-0.4, -0.2) is 36.8 Å². The SMILES string of the molecule is CCCCn1c(C)c(-c2cc(OC)ccc2Cc2ccc(N(C)C)cc2C(=O)O)c2ccccc21. The highest BCUT2D eigenvalue weighted by atomic mass is 16.5. The van der Waals surface area contributed by atoms with E-state index < -0.39 is 5.97 Å². The summed E-state index contributed by atoms with van der Waals surface area (Å²) in [5.74, 6) is -0.124. The predicted octanol–water partition coefficient (Wildman–Crippen LogP) is 6.78. The van der Waals surface area contributed by atoms with E-state index in [-0.39, 0.29) is 0 Å². The Labute approximate surface area is 207 Å². The zero-order valence-electron chi connectivity index (χ0n) is 21.3. The highest BCUT2D eigenvalue weighted by Crippen LogP contribution is 2.39. The van der Waals surface area contributed by atoms with E-state index in [0.29, 0.717) is 12.0 Å². The number of carboxylic acids is 1. The molecule has 0 bridgehead atoms. The second-order valence-corrected chi connectivity index (χ2v) is 9.22. The maximum atomic E-state index is 12.1. The maximum absolute atomic E-state index is 12.1. The van der Waals surface area contributed by atoms with Gasteiger partial charge in [-0.2, -0.15) is 0 Å². The standard InChI is InChI=1S/C30H34N2O3/c1-6-7-16-32-20(2)29(25-10-8-9-11-28(25)32)26-19-24(35-5)15-13-21(26)17-22-12-14-23(31(3)4)18-27(22)30(33)34/h8-15,18-19H,6-7,16-17H2,1-5H3,(H,33,34). The molecule has 1 heterocycles. The third-order valence-electron chi connectivity index (χ3n) is 6.77. The summed E-state index contributed by atoms with van der Waals surface area (Å²) in [5, 5.41) is 11.2. The van der Waals surface area contributed by atoms with Crippen LogP contribution in [0.25, 0.3) is 22.0 Å². The predicted molar refractivity (Wildman–Crippen MR) is 144 cm³/mol. The van der Waals surface area contributed by atoms with Crippen LogP contribution in [0.3, 0.4) is 0 Å². The summed E-state index contributed by atoms with van der Waals surface area (Å²) in [6, 6.07) is 20.3. The molecule has 1 N–H and O–H groups in total. The average Bonchev–Trinajstić information content (AvgIpc) is 3.13. The van der Waals surface area contributed by atoms with Gasteiger partial charge in [0.2, 0.25) is 0 Å². The first-order valence-electron chi connectivity index (χ1n) is 12.1. The van der Waals surface area contributed by atoms with Gasteiger partial charge in [0.25, 0.3) is 0 Å². The van der Waals surface area contributed by atoms with Crippen LogP contribution in [0.4, 0.5) is 5.69 Å². The molecule has 0 amide bonds. The summed E-state index contributed by atoms with van der Waals surface area (Å²) in [6.45, 7) is 5.36. The number of anilines is 1. The van der Waals surface area contributed by atoms with Crippen molar-refractivity contribution in [2.75, 3.05) is 26.1 Å². The topological polar surface area (TPSA) is 54.7 Å². The average molecular weight is 471 g/mol. The smallest absolute Gasteiger partial charge is 0.336 e. The van der Waals surface area contributed by atoms with Crippen molar-refractivity contribution in [2.45, 2.75) is 39.7 Å². The first-order chi connectivity index (χ1) is 16.8. The zero-order chi connectivity index (χ0) is 25.1. The summed E-state index contributed by atoms with van der Waals surface area (Å²) in [5.41, 5.74) is 7.79. The number of hydrogen-bond donors (Lipinski definition) is 1. The molecule has 0 aliphatic heterocycles. The number of unbranched alkanes of at least 4 members (excludes halogenated alkanes) is 1. The molecule has 0 aliphatic carbocycles. The van der Waals surface area contributed by atoms with E-state index in [0.717, 1.165) is 47.5 Å². The summed E-state index contributed by atoms with van der Waals surface area (Å²) >= 11 is 0. The number of fused-ring (bicyclic) bond motifs is 1. The second-order valence-electron chi connectivity index (χ2n) is 9.22. The molecular formula is C30H34N2O3. The number of para-hydroxylation sites is 1. The fourth-order valence-corrected chi connectivity index (χ4v) is 4.85. The van der Waals surface area contributed by atoms with Crippen LogP contribution in [0.1, 0.15) is 46.9 Å². The lowest BCUT2D eigenvalue weighted by atomic mass is 9.91. The van der Waals surface area contributed by atoms with Crippen LogP contribution in [0.15, 0.2) is 60.7 Å². The molecule has 0 fully saturated rings. The summed E-state index contributed by atoms with van der Waals surface area (Å²) in [4.78, 5) is 14.1. The van der Waals surface area contributed by atoms with Gasteiger partial charge in [-0.1, -0.05) is 43.7 Å². The zero-order valence-corrected chi connectivity index (χ0v) is 21.3. The number of benzene rings is 3. The van der Waals surface area contributed by atoms with E-state index in [1.807, 2.05) is 37.2 Å². The van der Waals surface area contributed by atoms with Crippen molar-refractivity contribution >= 4 is 22.6 Å². The van der Waals surface area contributed by atoms with Gasteiger partial charge in [-0.15, -0.1) is 0 Å². The van der Waals surface area contributed by atoms with Crippen molar-refractivity contribution in [3.63, 3.8) is 0 Å². The lowest BCUT2D eigenvalue weighted by Crippen LogP contribution is -2.11. The number of methoxy groups -OCH3 is 1. The normalized spacial score (nSPS) is 11.1. The number of rotatable bonds is 9. The molecule has 0 unspecified atom stereocenters. The summed E-state index contributed by atoms with van der Waals surface area (Å²) in [7, 11) is 5.51. The molecule has 3 aromatic carbocycles. The summed E-state index contributed by atoms with van der Waals surface area (Å²) < 4.78 is 8.01. The summed E-state index contributed by atoms with van der Waals surface area (Å²) in [6.07, 6.45) is 2.76. The number of aryl methyl sites for hydroxylation is 1.